The number of aliphatic hydroxyl groups excluding tert-OH is 1. The second-order valence-electron chi connectivity index (χ2n) is 6.10. The van der Waals surface area contributed by atoms with Gasteiger partial charge in [-0.3, -0.25) is 0 Å². The molecule has 1 heterocycles. The second kappa shape index (κ2) is 8.25. The molecule has 1 saturated heterocycles. The number of carbonyl (C=O) groups excluding carboxylic acids is 1. The lowest BCUT2D eigenvalue weighted by molar-refractivity contribution is -0.249. The van der Waals surface area contributed by atoms with Crippen LogP contribution in [0.3, 0.4) is 0 Å². The van der Waals surface area contributed by atoms with Crippen molar-refractivity contribution < 1.29 is 24.1 Å². The van der Waals surface area contributed by atoms with Crippen LogP contribution in [0.4, 0.5) is 0 Å². The van der Waals surface area contributed by atoms with E-state index < -0.39 is 30.6 Å². The molecule has 25 heavy (non-hydrogen) atoms. The Morgan fingerprint density at radius 1 is 1.12 bits per heavy atom. The summed E-state index contributed by atoms with van der Waals surface area (Å²) < 4.78 is 16.9. The predicted molar refractivity (Wildman–Crippen MR) is 91.8 cm³/mol. The van der Waals surface area contributed by atoms with Crippen LogP contribution in [0.5, 0.6) is 0 Å². The first-order valence-corrected chi connectivity index (χ1v) is 8.38. The number of carbonyl (C=O) groups is 1. The molecule has 0 spiro atoms. The lowest BCUT2D eigenvalue weighted by Gasteiger charge is -2.37. The van der Waals surface area contributed by atoms with E-state index in [1.165, 1.54) is 0 Å². The van der Waals surface area contributed by atoms with Gasteiger partial charge in [0.2, 0.25) is 0 Å². The van der Waals surface area contributed by atoms with Crippen LogP contribution in [-0.4, -0.2) is 35.7 Å². The molecule has 0 saturated carbocycles. The summed E-state index contributed by atoms with van der Waals surface area (Å²) in [4.78, 5) is 12.2. The Morgan fingerprint density at radius 3 is 2.44 bits per heavy atom. The monoisotopic (exact) mass is 342 g/mol. The van der Waals surface area contributed by atoms with Gasteiger partial charge in [0.25, 0.3) is 0 Å². The van der Waals surface area contributed by atoms with Gasteiger partial charge in [-0.2, -0.15) is 0 Å². The third-order valence-corrected chi connectivity index (χ3v) is 4.20. The van der Waals surface area contributed by atoms with Gasteiger partial charge in [-0.05, 0) is 24.6 Å². The minimum absolute atomic E-state index is 0.289. The number of ether oxygens (including phenoxy) is 3. The van der Waals surface area contributed by atoms with Crippen LogP contribution in [0, 0.1) is 0 Å². The van der Waals surface area contributed by atoms with E-state index >= 15 is 0 Å². The largest absolute Gasteiger partial charge is 0.456 e. The number of hydrogen-bond acceptors (Lipinski definition) is 5. The Balaban J connectivity index is 1.59. The van der Waals surface area contributed by atoms with E-state index in [1.54, 1.807) is 31.2 Å². The minimum atomic E-state index is -0.885. The van der Waals surface area contributed by atoms with Gasteiger partial charge in [0, 0.05) is 6.42 Å². The van der Waals surface area contributed by atoms with E-state index in [2.05, 4.69) is 0 Å². The maximum atomic E-state index is 12.2. The SMILES string of the molecule is C[C@@H]1O[C@H](OCc2ccccc2)C[C@H](OC(=O)c2ccccc2)[C@H]1O. The standard InChI is InChI=1S/C20H22O5/c1-14-19(21)17(25-20(22)16-10-6-3-7-11-16)12-18(24-14)23-13-15-8-4-2-5-9-15/h2-11,14,17-19,21H,12-13H2,1H3/t14-,17-,18-,19-/m0/s1. The topological polar surface area (TPSA) is 65.0 Å². The number of rotatable bonds is 5. The van der Waals surface area contributed by atoms with Gasteiger partial charge >= 0.3 is 5.97 Å². The molecule has 3 rings (SSSR count). The molecule has 0 radical (unpaired) electrons. The van der Waals surface area contributed by atoms with Gasteiger partial charge < -0.3 is 19.3 Å². The fourth-order valence-electron chi connectivity index (χ4n) is 2.78. The number of hydrogen-bond donors (Lipinski definition) is 1. The van der Waals surface area contributed by atoms with E-state index in [-0.39, 0.29) is 6.42 Å². The molecule has 0 unspecified atom stereocenters. The molecule has 2 aromatic carbocycles. The summed E-state index contributed by atoms with van der Waals surface area (Å²) >= 11 is 0. The van der Waals surface area contributed by atoms with Crippen molar-refractivity contribution in [2.45, 2.75) is 44.6 Å². The van der Waals surface area contributed by atoms with Crippen LogP contribution < -0.4 is 0 Å². The van der Waals surface area contributed by atoms with Crippen LogP contribution >= 0.6 is 0 Å². The van der Waals surface area contributed by atoms with E-state index in [0.717, 1.165) is 5.56 Å². The maximum Gasteiger partial charge on any atom is 0.338 e. The summed E-state index contributed by atoms with van der Waals surface area (Å²) in [6, 6.07) is 18.5. The molecule has 2 aromatic rings. The van der Waals surface area contributed by atoms with Crippen LogP contribution in [0.25, 0.3) is 0 Å². The Morgan fingerprint density at radius 2 is 1.76 bits per heavy atom. The first-order chi connectivity index (χ1) is 12.1. The summed E-state index contributed by atoms with van der Waals surface area (Å²) in [5.74, 6) is -0.458. The van der Waals surface area contributed by atoms with Gasteiger partial charge in [-0.15, -0.1) is 0 Å². The molecule has 5 heteroatoms. The zero-order valence-corrected chi connectivity index (χ0v) is 14.1. The van der Waals surface area contributed by atoms with E-state index in [1.807, 2.05) is 36.4 Å². The van der Waals surface area contributed by atoms with Crippen molar-refractivity contribution in [3.05, 3.63) is 71.8 Å². The summed E-state index contributed by atoms with van der Waals surface area (Å²) in [5.41, 5.74) is 1.48. The summed E-state index contributed by atoms with van der Waals surface area (Å²) in [7, 11) is 0. The molecule has 1 aliphatic heterocycles. The highest BCUT2D eigenvalue weighted by molar-refractivity contribution is 5.89. The van der Waals surface area contributed by atoms with E-state index in [4.69, 9.17) is 14.2 Å². The van der Waals surface area contributed by atoms with Crippen molar-refractivity contribution in [1.29, 1.82) is 0 Å². The zero-order valence-electron chi connectivity index (χ0n) is 14.1. The molecular weight excluding hydrogens is 320 g/mol. The number of benzene rings is 2. The first kappa shape index (κ1) is 17.6. The quantitative estimate of drug-likeness (QED) is 0.847. The smallest absolute Gasteiger partial charge is 0.338 e. The molecule has 1 N–H and O–H groups in total. The number of aliphatic hydroxyl groups is 1. The van der Waals surface area contributed by atoms with Crippen LogP contribution in [-0.2, 0) is 20.8 Å². The normalized spacial score (nSPS) is 26.2. The van der Waals surface area contributed by atoms with Crippen LogP contribution in [0.1, 0.15) is 29.3 Å². The van der Waals surface area contributed by atoms with E-state index in [0.29, 0.717) is 12.2 Å². The Kier molecular flexibility index (Phi) is 5.81. The highest BCUT2D eigenvalue weighted by Gasteiger charge is 2.38. The molecule has 0 aromatic heterocycles. The lowest BCUT2D eigenvalue weighted by Crippen LogP contribution is -2.49. The van der Waals surface area contributed by atoms with Crippen molar-refractivity contribution in [3.63, 3.8) is 0 Å². The van der Waals surface area contributed by atoms with Crippen molar-refractivity contribution >= 4 is 5.97 Å². The van der Waals surface area contributed by atoms with Gasteiger partial charge in [0.05, 0.1) is 18.3 Å². The lowest BCUT2D eigenvalue weighted by atomic mass is 10.0. The van der Waals surface area contributed by atoms with Crippen molar-refractivity contribution in [3.8, 4) is 0 Å². The van der Waals surface area contributed by atoms with Gasteiger partial charge in [-0.1, -0.05) is 48.5 Å². The highest BCUT2D eigenvalue weighted by Crippen LogP contribution is 2.25. The summed E-state index contributed by atoms with van der Waals surface area (Å²) in [5, 5.41) is 10.3. The molecule has 0 aliphatic carbocycles. The van der Waals surface area contributed by atoms with Gasteiger partial charge in [0.1, 0.15) is 12.2 Å². The Labute approximate surface area is 147 Å². The zero-order chi connectivity index (χ0) is 17.6. The second-order valence-corrected chi connectivity index (χ2v) is 6.10. The third-order valence-electron chi connectivity index (χ3n) is 4.20. The molecule has 1 aliphatic rings. The van der Waals surface area contributed by atoms with Gasteiger partial charge in [-0.25, -0.2) is 4.79 Å². The Bertz CT molecular complexity index is 673. The predicted octanol–water partition coefficient (Wildman–Crippen LogP) is 2.92. The molecule has 1 fully saturated rings. The van der Waals surface area contributed by atoms with E-state index in [9.17, 15) is 9.90 Å². The fourth-order valence-corrected chi connectivity index (χ4v) is 2.78. The van der Waals surface area contributed by atoms with Crippen molar-refractivity contribution in [2.24, 2.45) is 0 Å². The molecular formula is C20H22O5. The highest BCUT2D eigenvalue weighted by atomic mass is 16.7. The fraction of sp³-hybridized carbons (Fsp3) is 0.350. The average Bonchev–Trinajstić information content (AvgIpc) is 2.65. The maximum absolute atomic E-state index is 12.2. The van der Waals surface area contributed by atoms with Crippen LogP contribution in [0.2, 0.25) is 0 Å². The summed E-state index contributed by atoms with van der Waals surface area (Å²) in [6.45, 7) is 2.14. The van der Waals surface area contributed by atoms with Gasteiger partial charge in [0.15, 0.2) is 6.29 Å². The molecule has 132 valence electrons. The molecule has 5 nitrogen and oxygen atoms in total. The minimum Gasteiger partial charge on any atom is -0.456 e. The Hall–Kier alpha value is -2.21. The first-order valence-electron chi connectivity index (χ1n) is 8.38. The molecule has 0 bridgehead atoms. The third kappa shape index (κ3) is 4.66. The van der Waals surface area contributed by atoms with Crippen molar-refractivity contribution in [1.82, 2.24) is 0 Å². The van der Waals surface area contributed by atoms with Crippen LogP contribution in [0.15, 0.2) is 60.7 Å². The van der Waals surface area contributed by atoms with Crippen molar-refractivity contribution in [2.75, 3.05) is 0 Å². The average molecular weight is 342 g/mol. The molecule has 4 atom stereocenters. The number of esters is 1. The summed E-state index contributed by atoms with van der Waals surface area (Å²) in [6.07, 6.45) is -2.28. The molecule has 0 amide bonds.